The van der Waals surface area contributed by atoms with E-state index >= 15 is 0 Å². The van der Waals surface area contributed by atoms with Crippen molar-refractivity contribution in [3.05, 3.63) is 40.8 Å². The van der Waals surface area contributed by atoms with E-state index in [1.807, 2.05) is 0 Å². The van der Waals surface area contributed by atoms with Crippen molar-refractivity contribution >= 4 is 31.4 Å². The molecule has 0 aliphatic carbocycles. The van der Waals surface area contributed by atoms with Crippen LogP contribution in [0.4, 0.5) is 17.3 Å². The molecule has 19 heavy (non-hydrogen) atoms. The molecule has 0 nitrogen and oxygen atoms in total. The van der Waals surface area contributed by atoms with E-state index < -0.39 is 7.25 Å². The first-order valence-corrected chi connectivity index (χ1v) is 7.48. The summed E-state index contributed by atoms with van der Waals surface area (Å²) in [5.74, 6) is 0. The molecule has 0 fully saturated rings. The van der Waals surface area contributed by atoms with E-state index in [0.29, 0.717) is 19.9 Å². The molecule has 0 spiro atoms. The van der Waals surface area contributed by atoms with E-state index in [1.165, 1.54) is 9.65 Å². The van der Waals surface area contributed by atoms with E-state index in [2.05, 4.69) is 57.2 Å². The van der Waals surface area contributed by atoms with Gasteiger partial charge in [0.15, 0.2) is 0 Å². The number of hydrogen-bond donors (Lipinski definition) is 0. The minimum absolute atomic E-state index is 0.323. The third-order valence-electron chi connectivity index (χ3n) is 2.29. The molecule has 1 aromatic heterocycles. The van der Waals surface area contributed by atoms with Gasteiger partial charge in [-0.25, -0.2) is 0 Å². The number of halogens is 4. The van der Waals surface area contributed by atoms with Crippen LogP contribution in [0.3, 0.4) is 0 Å². The van der Waals surface area contributed by atoms with Crippen LogP contribution in [-0.4, -0.2) is 21.8 Å². The van der Waals surface area contributed by atoms with E-state index in [9.17, 15) is 17.3 Å². The van der Waals surface area contributed by atoms with Crippen LogP contribution in [0.1, 0.15) is 25.2 Å². The van der Waals surface area contributed by atoms with Crippen LogP contribution < -0.4 is 0 Å². The van der Waals surface area contributed by atoms with Gasteiger partial charge < -0.3 is 17.3 Å². The third-order valence-corrected chi connectivity index (χ3v) is 5.57. The van der Waals surface area contributed by atoms with Crippen LogP contribution in [0.25, 0.3) is 9.65 Å². The van der Waals surface area contributed by atoms with Crippen LogP contribution >= 0.6 is 0 Å². The first-order valence-electron chi connectivity index (χ1n) is 5.77. The van der Waals surface area contributed by atoms with Crippen molar-refractivity contribution in [1.29, 1.82) is 0 Å². The predicted octanol–water partition coefficient (Wildman–Crippen LogP) is 4.78. The van der Waals surface area contributed by atoms with Crippen molar-refractivity contribution in [2.24, 2.45) is 0 Å². The summed E-state index contributed by atoms with van der Waals surface area (Å²) in [6, 6.07) is 13.3. The van der Waals surface area contributed by atoms with Gasteiger partial charge >= 0.3 is 98.4 Å². The molecule has 0 aliphatic heterocycles. The Kier molecular flexibility index (Phi) is 5.16. The summed E-state index contributed by atoms with van der Waals surface area (Å²) in [6.07, 6.45) is 0. The molecule has 1 aromatic carbocycles. The largest absolute Gasteiger partial charge is 0.673 e. The molecule has 0 bridgehead atoms. The second-order valence-electron chi connectivity index (χ2n) is 5.08. The summed E-state index contributed by atoms with van der Waals surface area (Å²) in [5, 5.41) is 1.40. The topological polar surface area (TPSA) is 0 Å². The van der Waals surface area contributed by atoms with E-state index in [-0.39, 0.29) is 0 Å². The fraction of sp³-hybridized carbons (Fsp3) is 0.308. The van der Waals surface area contributed by atoms with E-state index in [4.69, 9.17) is 0 Å². The van der Waals surface area contributed by atoms with E-state index in [0.717, 1.165) is 0 Å². The van der Waals surface area contributed by atoms with Gasteiger partial charge in [-0.1, -0.05) is 0 Å². The van der Waals surface area contributed by atoms with Crippen molar-refractivity contribution in [2.75, 3.05) is 0 Å². The molecule has 104 valence electrons. The van der Waals surface area contributed by atoms with E-state index in [1.54, 1.807) is 4.44 Å². The summed E-state index contributed by atoms with van der Waals surface area (Å²) in [6.45, 7) is 6.88. The Morgan fingerprint density at radius 1 is 0.895 bits per heavy atom. The van der Waals surface area contributed by atoms with Gasteiger partial charge in [-0.2, -0.15) is 0 Å². The molecule has 0 radical (unpaired) electrons. The smallest absolute Gasteiger partial charge is 0.418 e. The predicted molar refractivity (Wildman–Crippen MR) is 74.2 cm³/mol. The Morgan fingerprint density at radius 2 is 1.42 bits per heavy atom. The minimum atomic E-state index is -6.00. The summed E-state index contributed by atoms with van der Waals surface area (Å²) in [7, 11) is -6.00. The molecule has 0 N–H and O–H groups in total. The van der Waals surface area contributed by atoms with Crippen LogP contribution in [0.15, 0.2) is 36.4 Å². The number of benzene rings is 1. The van der Waals surface area contributed by atoms with Gasteiger partial charge in [-0.15, -0.1) is 0 Å². The Bertz CT molecular complexity index is 540. The van der Waals surface area contributed by atoms with Gasteiger partial charge in [0.2, 0.25) is 0 Å². The molecule has 0 saturated carbocycles. The third kappa shape index (κ3) is 6.21. The molecule has 2 aromatic rings. The molecule has 2 rings (SSSR count). The van der Waals surface area contributed by atoms with Crippen molar-refractivity contribution in [2.45, 2.75) is 26.2 Å². The molecule has 0 atom stereocenters. The van der Waals surface area contributed by atoms with Gasteiger partial charge in [0.25, 0.3) is 0 Å². The Labute approximate surface area is 116 Å². The maximum Gasteiger partial charge on any atom is 0.673 e. The molecular formula is C13H15BF4Se. The fourth-order valence-corrected chi connectivity index (χ4v) is 3.70. The molecule has 0 amide bonds. The van der Waals surface area contributed by atoms with Crippen LogP contribution in [0.5, 0.6) is 0 Å². The summed E-state index contributed by atoms with van der Waals surface area (Å²) in [4.78, 5) is 0. The Balaban J connectivity index is 0.000000312. The van der Waals surface area contributed by atoms with Crippen molar-refractivity contribution in [3.8, 4) is 0 Å². The van der Waals surface area contributed by atoms with Gasteiger partial charge in [0, 0.05) is 0 Å². The summed E-state index contributed by atoms with van der Waals surface area (Å²) < 4.78 is 42.1. The first kappa shape index (κ1) is 16.2. The van der Waals surface area contributed by atoms with Gasteiger partial charge in [0.1, 0.15) is 0 Å². The standard InChI is InChI=1S/C13H15Se.BF4/c1-13(2,3)12-9-8-10-6-4-5-7-11(10)14-12;2-1(3,4)5/h4-9H,1-3H3;/q+1;-1. The molecule has 0 aliphatic rings. The quantitative estimate of drug-likeness (QED) is 0.480. The minimum Gasteiger partial charge on any atom is -0.418 e. The zero-order valence-electron chi connectivity index (χ0n) is 11.0. The molecule has 0 saturated heterocycles. The van der Waals surface area contributed by atoms with Gasteiger partial charge in [-0.05, 0) is 0 Å². The summed E-state index contributed by atoms with van der Waals surface area (Å²) >= 11 is 0.517. The maximum absolute atomic E-state index is 9.75. The van der Waals surface area contributed by atoms with Gasteiger partial charge in [0.05, 0.1) is 0 Å². The van der Waals surface area contributed by atoms with Crippen LogP contribution in [0, 0.1) is 0 Å². The van der Waals surface area contributed by atoms with Crippen LogP contribution in [-0.2, 0) is 5.41 Å². The number of fused-ring (bicyclic) bond motifs is 1. The number of hydrogen-bond acceptors (Lipinski definition) is 0. The van der Waals surface area contributed by atoms with Crippen molar-refractivity contribution < 1.29 is 17.3 Å². The van der Waals surface area contributed by atoms with Crippen molar-refractivity contribution in [3.63, 3.8) is 0 Å². The number of rotatable bonds is 0. The van der Waals surface area contributed by atoms with Gasteiger partial charge in [-0.3, -0.25) is 0 Å². The Hall–Kier alpha value is -0.866. The normalized spacial score (nSPS) is 11.9. The van der Waals surface area contributed by atoms with Crippen LogP contribution in [0.2, 0.25) is 0 Å². The fourth-order valence-electron chi connectivity index (χ4n) is 1.43. The Morgan fingerprint density at radius 3 is 1.95 bits per heavy atom. The zero-order valence-corrected chi connectivity index (χ0v) is 12.7. The monoisotopic (exact) mass is 338 g/mol. The zero-order chi connectivity index (χ0) is 14.7. The molecular weight excluding hydrogens is 322 g/mol. The maximum atomic E-state index is 9.75. The summed E-state index contributed by atoms with van der Waals surface area (Å²) in [5.41, 5.74) is 0.323. The second-order valence-corrected chi connectivity index (χ2v) is 7.36. The molecule has 6 heteroatoms. The molecule has 0 unspecified atom stereocenters. The average Bonchev–Trinajstić information content (AvgIpc) is 2.25. The first-order chi connectivity index (χ1) is 8.57. The molecule has 1 heterocycles. The van der Waals surface area contributed by atoms with Crippen molar-refractivity contribution in [1.82, 2.24) is 0 Å². The second kappa shape index (κ2) is 6.06. The SMILES string of the molecule is CC(C)(C)c1ccc2ccccc2[se+]1.F[B-](F)(F)F. The average molecular weight is 337 g/mol.